The lowest BCUT2D eigenvalue weighted by atomic mass is 9.55. The SMILES string of the molecule is CCc1cc(CNC(=O)N(C)[C@H]2C[C@](C)(OC)C2(C)C)on1. The summed E-state index contributed by atoms with van der Waals surface area (Å²) >= 11 is 0. The van der Waals surface area contributed by atoms with Crippen LogP contribution in [0, 0.1) is 5.41 Å². The van der Waals surface area contributed by atoms with Gasteiger partial charge < -0.3 is 19.5 Å². The number of rotatable bonds is 5. The largest absolute Gasteiger partial charge is 0.378 e. The Morgan fingerprint density at radius 2 is 2.23 bits per heavy atom. The van der Waals surface area contributed by atoms with Gasteiger partial charge in [-0.05, 0) is 19.8 Å². The van der Waals surface area contributed by atoms with E-state index in [2.05, 4.69) is 31.2 Å². The second-order valence-corrected chi connectivity index (χ2v) is 6.78. The summed E-state index contributed by atoms with van der Waals surface area (Å²) in [5.41, 5.74) is 0.622. The summed E-state index contributed by atoms with van der Waals surface area (Å²) in [5.74, 6) is 0.674. The normalized spacial score (nSPS) is 26.4. The molecule has 1 aliphatic carbocycles. The first kappa shape index (κ1) is 16.8. The van der Waals surface area contributed by atoms with Gasteiger partial charge in [-0.3, -0.25) is 0 Å². The van der Waals surface area contributed by atoms with Crippen LogP contribution >= 0.6 is 0 Å². The van der Waals surface area contributed by atoms with E-state index in [-0.39, 0.29) is 23.1 Å². The van der Waals surface area contributed by atoms with Crippen LogP contribution in [0.4, 0.5) is 4.79 Å². The van der Waals surface area contributed by atoms with Crippen molar-refractivity contribution in [2.24, 2.45) is 5.41 Å². The fourth-order valence-electron chi connectivity index (χ4n) is 3.11. The Balaban J connectivity index is 1.90. The Bertz CT molecular complexity index is 540. The van der Waals surface area contributed by atoms with Gasteiger partial charge in [-0.25, -0.2) is 4.79 Å². The van der Waals surface area contributed by atoms with E-state index in [1.54, 1.807) is 12.0 Å². The Hall–Kier alpha value is -1.56. The van der Waals surface area contributed by atoms with Crippen molar-refractivity contribution < 1.29 is 14.1 Å². The third-order valence-corrected chi connectivity index (χ3v) is 5.40. The molecule has 0 radical (unpaired) electrons. The van der Waals surface area contributed by atoms with Gasteiger partial charge in [-0.2, -0.15) is 0 Å². The lowest BCUT2D eigenvalue weighted by Gasteiger charge is -2.61. The number of nitrogens with one attached hydrogen (secondary N) is 1. The topological polar surface area (TPSA) is 67.6 Å². The second-order valence-electron chi connectivity index (χ2n) is 6.78. The number of amides is 2. The number of methoxy groups -OCH3 is 1. The van der Waals surface area contributed by atoms with Crippen LogP contribution in [0.3, 0.4) is 0 Å². The Labute approximate surface area is 132 Å². The lowest BCUT2D eigenvalue weighted by molar-refractivity contribution is -0.198. The first-order valence-corrected chi connectivity index (χ1v) is 7.75. The molecule has 2 amide bonds. The van der Waals surface area contributed by atoms with E-state index in [1.165, 1.54) is 0 Å². The van der Waals surface area contributed by atoms with Crippen LogP contribution in [0.5, 0.6) is 0 Å². The van der Waals surface area contributed by atoms with Crippen LogP contribution in [-0.2, 0) is 17.7 Å². The molecule has 1 aliphatic rings. The van der Waals surface area contributed by atoms with Crippen molar-refractivity contribution in [2.75, 3.05) is 14.2 Å². The summed E-state index contributed by atoms with van der Waals surface area (Å²) in [4.78, 5) is 14.1. The predicted molar refractivity (Wildman–Crippen MR) is 83.5 cm³/mol. The molecule has 1 saturated carbocycles. The molecule has 0 bridgehead atoms. The molecule has 2 atom stereocenters. The number of urea groups is 1. The van der Waals surface area contributed by atoms with Crippen molar-refractivity contribution in [1.82, 2.24) is 15.4 Å². The van der Waals surface area contributed by atoms with Crippen LogP contribution in [0.1, 0.15) is 45.6 Å². The molecule has 0 unspecified atom stereocenters. The van der Waals surface area contributed by atoms with Crippen molar-refractivity contribution >= 4 is 6.03 Å². The van der Waals surface area contributed by atoms with Gasteiger partial charge in [-0.15, -0.1) is 0 Å². The fraction of sp³-hybridized carbons (Fsp3) is 0.750. The maximum atomic E-state index is 12.3. The van der Waals surface area contributed by atoms with Gasteiger partial charge in [0, 0.05) is 31.7 Å². The minimum Gasteiger partial charge on any atom is -0.378 e. The average molecular weight is 309 g/mol. The van der Waals surface area contributed by atoms with Crippen molar-refractivity contribution in [3.8, 4) is 0 Å². The van der Waals surface area contributed by atoms with Gasteiger partial charge in [0.15, 0.2) is 5.76 Å². The van der Waals surface area contributed by atoms with Crippen LogP contribution in [0.2, 0.25) is 0 Å². The molecule has 1 heterocycles. The van der Waals surface area contributed by atoms with Crippen molar-refractivity contribution in [1.29, 1.82) is 0 Å². The standard InChI is InChI=1S/C16H27N3O3/c1-7-11-8-12(22-18-11)10-17-14(20)19(5)13-9-16(4,21-6)15(13,2)3/h8,13H,7,9-10H2,1-6H3,(H,17,20)/t13-,16-/m0/s1. The monoisotopic (exact) mass is 309 g/mol. The molecule has 1 aromatic rings. The molecule has 0 saturated heterocycles. The van der Waals surface area contributed by atoms with Crippen LogP contribution < -0.4 is 5.32 Å². The summed E-state index contributed by atoms with van der Waals surface area (Å²) in [5, 5.41) is 6.80. The summed E-state index contributed by atoms with van der Waals surface area (Å²) in [6, 6.07) is 1.92. The molecule has 1 aromatic heterocycles. The lowest BCUT2D eigenvalue weighted by Crippen LogP contribution is -2.69. The first-order valence-electron chi connectivity index (χ1n) is 7.75. The maximum Gasteiger partial charge on any atom is 0.317 e. The maximum absolute atomic E-state index is 12.3. The highest BCUT2D eigenvalue weighted by molar-refractivity contribution is 5.74. The van der Waals surface area contributed by atoms with E-state index in [0.717, 1.165) is 18.5 Å². The van der Waals surface area contributed by atoms with Gasteiger partial charge in [0.2, 0.25) is 0 Å². The summed E-state index contributed by atoms with van der Waals surface area (Å²) in [7, 11) is 3.56. The minimum absolute atomic E-state index is 0.0878. The number of ether oxygens (including phenoxy) is 1. The molecular formula is C16H27N3O3. The van der Waals surface area contributed by atoms with E-state index >= 15 is 0 Å². The van der Waals surface area contributed by atoms with Gasteiger partial charge in [0.1, 0.15) is 0 Å². The molecule has 1 fully saturated rings. The fourth-order valence-corrected chi connectivity index (χ4v) is 3.11. The molecule has 2 rings (SSSR count). The predicted octanol–water partition coefficient (Wildman–Crippen LogP) is 2.58. The Kier molecular flexibility index (Phi) is 4.52. The van der Waals surface area contributed by atoms with E-state index < -0.39 is 0 Å². The summed E-state index contributed by atoms with van der Waals surface area (Å²) < 4.78 is 10.8. The zero-order chi connectivity index (χ0) is 16.5. The zero-order valence-corrected chi connectivity index (χ0v) is 14.4. The van der Waals surface area contributed by atoms with Gasteiger partial charge in [0.25, 0.3) is 0 Å². The Morgan fingerprint density at radius 3 is 2.73 bits per heavy atom. The number of carbonyl (C=O) groups is 1. The average Bonchev–Trinajstić information content (AvgIpc) is 2.97. The van der Waals surface area contributed by atoms with E-state index in [9.17, 15) is 4.79 Å². The minimum atomic E-state index is -0.187. The number of nitrogens with zero attached hydrogens (tertiary/aromatic N) is 2. The third-order valence-electron chi connectivity index (χ3n) is 5.40. The van der Waals surface area contributed by atoms with Crippen molar-refractivity contribution in [3.05, 3.63) is 17.5 Å². The number of carbonyl (C=O) groups excluding carboxylic acids is 1. The molecule has 6 heteroatoms. The number of aryl methyl sites for hydroxylation is 1. The molecule has 0 aliphatic heterocycles. The van der Waals surface area contributed by atoms with Crippen LogP contribution in [0.15, 0.2) is 10.6 Å². The molecule has 0 aromatic carbocycles. The second kappa shape index (κ2) is 5.91. The summed E-state index contributed by atoms with van der Waals surface area (Å²) in [6.45, 7) is 8.73. The van der Waals surface area contributed by atoms with Crippen molar-refractivity contribution in [2.45, 2.75) is 58.7 Å². The van der Waals surface area contributed by atoms with Gasteiger partial charge in [-0.1, -0.05) is 25.9 Å². The summed E-state index contributed by atoms with van der Waals surface area (Å²) in [6.07, 6.45) is 1.66. The van der Waals surface area contributed by atoms with E-state index in [4.69, 9.17) is 9.26 Å². The molecular weight excluding hydrogens is 282 g/mol. The molecule has 124 valence electrons. The quantitative estimate of drug-likeness (QED) is 0.908. The number of hydrogen-bond donors (Lipinski definition) is 1. The Morgan fingerprint density at radius 1 is 1.55 bits per heavy atom. The third kappa shape index (κ3) is 2.72. The van der Waals surface area contributed by atoms with Crippen LogP contribution in [0.25, 0.3) is 0 Å². The van der Waals surface area contributed by atoms with Crippen LogP contribution in [-0.4, -0.2) is 41.9 Å². The highest BCUT2D eigenvalue weighted by atomic mass is 16.5. The smallest absolute Gasteiger partial charge is 0.317 e. The van der Waals surface area contributed by atoms with E-state index in [1.807, 2.05) is 20.0 Å². The number of hydrogen-bond acceptors (Lipinski definition) is 4. The highest BCUT2D eigenvalue weighted by Gasteiger charge is 2.59. The first-order chi connectivity index (χ1) is 10.2. The van der Waals surface area contributed by atoms with Gasteiger partial charge >= 0.3 is 6.03 Å². The molecule has 1 N–H and O–H groups in total. The molecule has 0 spiro atoms. The number of aromatic nitrogens is 1. The highest BCUT2D eigenvalue weighted by Crippen LogP contribution is 2.53. The zero-order valence-electron chi connectivity index (χ0n) is 14.4. The van der Waals surface area contributed by atoms with E-state index in [0.29, 0.717) is 12.3 Å². The molecule has 22 heavy (non-hydrogen) atoms. The molecule has 6 nitrogen and oxygen atoms in total. The van der Waals surface area contributed by atoms with Crippen molar-refractivity contribution in [3.63, 3.8) is 0 Å². The van der Waals surface area contributed by atoms with Gasteiger partial charge in [0.05, 0.1) is 17.8 Å².